The van der Waals surface area contributed by atoms with Crippen LogP contribution < -0.4 is 10.9 Å². The third-order valence-electron chi connectivity index (χ3n) is 3.20. The Labute approximate surface area is 124 Å². The summed E-state index contributed by atoms with van der Waals surface area (Å²) in [6, 6.07) is 9.31. The highest BCUT2D eigenvalue weighted by Crippen LogP contribution is 2.13. The lowest BCUT2D eigenvalue weighted by atomic mass is 10.2. The number of hydrogen-bond acceptors (Lipinski definition) is 5. The van der Waals surface area contributed by atoms with E-state index in [-0.39, 0.29) is 12.4 Å². The Bertz CT molecular complexity index is 855. The Kier molecular flexibility index (Phi) is 3.71. The van der Waals surface area contributed by atoms with Crippen molar-refractivity contribution < 1.29 is 14.3 Å². The number of hydrogen-bond donors (Lipinski definition) is 3. The lowest BCUT2D eigenvalue weighted by Gasteiger charge is -2.13. The van der Waals surface area contributed by atoms with Crippen LogP contribution in [-0.2, 0) is 0 Å². The smallest absolute Gasteiger partial charge is 0.287 e. The first-order valence-electron chi connectivity index (χ1n) is 6.63. The van der Waals surface area contributed by atoms with Crippen molar-refractivity contribution >= 4 is 16.8 Å². The number of fused-ring (bicyclic) bond motifs is 1. The number of benzene rings is 1. The van der Waals surface area contributed by atoms with Crippen molar-refractivity contribution in [2.24, 2.45) is 0 Å². The highest BCUT2D eigenvalue weighted by molar-refractivity contribution is 5.92. The Balaban J connectivity index is 1.90. The van der Waals surface area contributed by atoms with Crippen LogP contribution in [0.4, 0.5) is 0 Å². The van der Waals surface area contributed by atoms with E-state index in [1.807, 2.05) is 0 Å². The molecule has 0 spiro atoms. The van der Waals surface area contributed by atoms with Crippen LogP contribution in [0.25, 0.3) is 10.9 Å². The fourth-order valence-corrected chi connectivity index (χ4v) is 2.12. The number of aliphatic hydroxyl groups is 1. The lowest BCUT2D eigenvalue weighted by Crippen LogP contribution is -2.33. The molecule has 7 nitrogen and oxygen atoms in total. The molecule has 2 heterocycles. The summed E-state index contributed by atoms with van der Waals surface area (Å²) in [5.74, 6) is -0.300. The maximum absolute atomic E-state index is 12.2. The number of carbonyl (C=O) groups is 1. The molecule has 0 aliphatic heterocycles. The Morgan fingerprint density at radius 1 is 1.32 bits per heavy atom. The van der Waals surface area contributed by atoms with E-state index in [0.29, 0.717) is 16.7 Å². The zero-order chi connectivity index (χ0) is 15.5. The summed E-state index contributed by atoms with van der Waals surface area (Å²) >= 11 is 0. The van der Waals surface area contributed by atoms with Gasteiger partial charge in [0.15, 0.2) is 5.82 Å². The van der Waals surface area contributed by atoms with Crippen molar-refractivity contribution in [1.29, 1.82) is 0 Å². The molecule has 0 radical (unpaired) electrons. The van der Waals surface area contributed by atoms with Crippen LogP contribution in [0.15, 0.2) is 51.9 Å². The van der Waals surface area contributed by atoms with Gasteiger partial charge in [-0.05, 0) is 24.3 Å². The maximum Gasteiger partial charge on any atom is 0.287 e. The molecule has 0 aliphatic rings. The Hall–Kier alpha value is -2.93. The number of nitrogens with zero attached hydrogens (tertiary/aromatic N) is 1. The van der Waals surface area contributed by atoms with Gasteiger partial charge in [0, 0.05) is 0 Å². The summed E-state index contributed by atoms with van der Waals surface area (Å²) in [4.78, 5) is 30.7. The van der Waals surface area contributed by atoms with Crippen LogP contribution in [0.3, 0.4) is 0 Å². The second-order valence-electron chi connectivity index (χ2n) is 4.66. The highest BCUT2D eigenvalue weighted by Gasteiger charge is 2.19. The summed E-state index contributed by atoms with van der Waals surface area (Å²) in [6.45, 7) is -0.336. The van der Waals surface area contributed by atoms with Gasteiger partial charge in [0.25, 0.3) is 11.5 Å². The van der Waals surface area contributed by atoms with Gasteiger partial charge in [0.1, 0.15) is 11.8 Å². The second kappa shape index (κ2) is 5.82. The molecular formula is C15H13N3O4. The molecule has 2 aromatic heterocycles. The molecule has 1 unspecified atom stereocenters. The number of aromatic amines is 1. The number of carbonyl (C=O) groups excluding carboxylic acids is 1. The van der Waals surface area contributed by atoms with Gasteiger partial charge in [-0.25, -0.2) is 4.98 Å². The monoisotopic (exact) mass is 299 g/mol. The van der Waals surface area contributed by atoms with Gasteiger partial charge >= 0.3 is 0 Å². The number of furan rings is 1. The molecule has 0 saturated carbocycles. The first-order valence-corrected chi connectivity index (χ1v) is 6.63. The topological polar surface area (TPSA) is 108 Å². The first kappa shape index (κ1) is 14.0. The van der Waals surface area contributed by atoms with Crippen molar-refractivity contribution in [2.75, 3.05) is 6.61 Å². The minimum atomic E-state index is -0.709. The quantitative estimate of drug-likeness (QED) is 0.665. The van der Waals surface area contributed by atoms with Crippen LogP contribution in [0, 0.1) is 0 Å². The summed E-state index contributed by atoms with van der Waals surface area (Å²) < 4.78 is 5.15. The second-order valence-corrected chi connectivity index (χ2v) is 4.66. The summed E-state index contributed by atoms with van der Waals surface area (Å²) in [5.41, 5.74) is 0.0317. The number of H-pyrrole nitrogens is 1. The molecule has 3 N–H and O–H groups in total. The predicted octanol–water partition coefficient (Wildman–Crippen LogP) is 0.980. The van der Waals surface area contributed by atoms with Crippen LogP contribution in [0.5, 0.6) is 0 Å². The molecule has 1 atom stereocenters. The van der Waals surface area contributed by atoms with Gasteiger partial charge in [-0.15, -0.1) is 0 Å². The van der Waals surface area contributed by atoms with E-state index >= 15 is 0 Å². The van der Waals surface area contributed by atoms with Crippen molar-refractivity contribution in [3.05, 3.63) is 64.6 Å². The van der Waals surface area contributed by atoms with Crippen LogP contribution in [0.2, 0.25) is 0 Å². The molecule has 112 valence electrons. The van der Waals surface area contributed by atoms with Crippen molar-refractivity contribution in [3.63, 3.8) is 0 Å². The Morgan fingerprint density at radius 2 is 2.14 bits per heavy atom. The van der Waals surface area contributed by atoms with E-state index in [1.54, 1.807) is 36.4 Å². The van der Waals surface area contributed by atoms with Crippen molar-refractivity contribution in [1.82, 2.24) is 15.3 Å². The standard InChI is InChI=1S/C15H13N3O4/c19-8-11(12-6-3-7-22-12)17-15(21)13-16-10-5-2-1-4-9(10)14(20)18-13/h1-7,11,19H,8H2,(H,17,21)(H,16,18,20). The van der Waals surface area contributed by atoms with E-state index in [2.05, 4.69) is 15.3 Å². The van der Waals surface area contributed by atoms with Crippen LogP contribution >= 0.6 is 0 Å². The third-order valence-corrected chi connectivity index (χ3v) is 3.20. The van der Waals surface area contributed by atoms with E-state index < -0.39 is 17.5 Å². The van der Waals surface area contributed by atoms with Crippen LogP contribution in [-0.4, -0.2) is 27.6 Å². The number of aromatic nitrogens is 2. The van der Waals surface area contributed by atoms with E-state index in [4.69, 9.17) is 4.42 Å². The summed E-state index contributed by atoms with van der Waals surface area (Å²) in [5, 5.41) is 12.3. The molecule has 0 bridgehead atoms. The normalized spacial score (nSPS) is 12.2. The molecule has 1 aromatic carbocycles. The van der Waals surface area contributed by atoms with Crippen molar-refractivity contribution in [3.8, 4) is 0 Å². The van der Waals surface area contributed by atoms with Gasteiger partial charge in [-0.2, -0.15) is 0 Å². The average Bonchev–Trinajstić information content (AvgIpc) is 3.06. The zero-order valence-corrected chi connectivity index (χ0v) is 11.4. The molecule has 3 aromatic rings. The molecule has 0 saturated heterocycles. The summed E-state index contributed by atoms with van der Waals surface area (Å²) in [7, 11) is 0. The highest BCUT2D eigenvalue weighted by atomic mass is 16.3. The Morgan fingerprint density at radius 3 is 2.86 bits per heavy atom. The molecule has 7 heteroatoms. The van der Waals surface area contributed by atoms with Gasteiger partial charge in [0.2, 0.25) is 0 Å². The first-order chi connectivity index (χ1) is 10.7. The van der Waals surface area contributed by atoms with Gasteiger partial charge in [-0.1, -0.05) is 12.1 Å². The number of para-hydroxylation sites is 1. The molecule has 0 fully saturated rings. The van der Waals surface area contributed by atoms with E-state index in [1.165, 1.54) is 6.26 Å². The van der Waals surface area contributed by atoms with E-state index in [0.717, 1.165) is 0 Å². The molecule has 22 heavy (non-hydrogen) atoms. The third kappa shape index (κ3) is 2.61. The minimum absolute atomic E-state index is 0.117. The maximum atomic E-state index is 12.2. The average molecular weight is 299 g/mol. The van der Waals surface area contributed by atoms with Gasteiger partial charge < -0.3 is 19.8 Å². The van der Waals surface area contributed by atoms with E-state index in [9.17, 15) is 14.7 Å². The molecule has 3 rings (SSSR count). The van der Waals surface area contributed by atoms with Crippen molar-refractivity contribution in [2.45, 2.75) is 6.04 Å². The van der Waals surface area contributed by atoms with Crippen LogP contribution in [0.1, 0.15) is 22.4 Å². The fraction of sp³-hybridized carbons (Fsp3) is 0.133. The molecule has 0 aliphatic carbocycles. The number of rotatable bonds is 4. The minimum Gasteiger partial charge on any atom is -0.467 e. The molecule has 1 amide bonds. The van der Waals surface area contributed by atoms with Gasteiger partial charge in [-0.3, -0.25) is 9.59 Å². The molecular weight excluding hydrogens is 286 g/mol. The largest absolute Gasteiger partial charge is 0.467 e. The predicted molar refractivity (Wildman–Crippen MR) is 78.4 cm³/mol. The SMILES string of the molecule is O=C(NC(CO)c1ccco1)c1nc2ccccc2c(=O)[nH]1. The lowest BCUT2D eigenvalue weighted by molar-refractivity contribution is 0.0897. The number of nitrogens with one attached hydrogen (secondary N) is 2. The summed E-state index contributed by atoms with van der Waals surface area (Å²) in [6.07, 6.45) is 1.44. The zero-order valence-electron chi connectivity index (χ0n) is 11.4. The number of aliphatic hydroxyl groups excluding tert-OH is 1. The van der Waals surface area contributed by atoms with Gasteiger partial charge in [0.05, 0.1) is 23.8 Å². The number of amides is 1. The fourth-order valence-electron chi connectivity index (χ4n) is 2.12.